The highest BCUT2D eigenvalue weighted by atomic mass is 28.4. The Morgan fingerprint density at radius 3 is 1.14 bits per heavy atom. The second kappa shape index (κ2) is 36.6. The molecule has 0 amide bonds. The molecule has 0 spiro atoms. The van der Waals surface area contributed by atoms with E-state index in [1.165, 1.54) is 95.0 Å². The van der Waals surface area contributed by atoms with E-state index in [1.807, 2.05) is 0 Å². The van der Waals surface area contributed by atoms with Gasteiger partial charge < -0.3 is 10.3 Å². The van der Waals surface area contributed by atoms with Crippen LogP contribution in [0.3, 0.4) is 0 Å². The predicted molar refractivity (Wildman–Crippen MR) is 174 cm³/mol. The van der Waals surface area contributed by atoms with Gasteiger partial charge in [-0.25, -0.2) is 0 Å². The normalized spacial score (nSPS) is 12.7. The second-order valence-corrected chi connectivity index (χ2v) is 15.7. The molecule has 2 rings (SSSR count). The van der Waals surface area contributed by atoms with Crippen LogP contribution in [-0.4, -0.2) is 14.9 Å². The molecule has 0 aromatic heterocycles. The van der Waals surface area contributed by atoms with E-state index in [0.29, 0.717) is 0 Å². The Bertz CT molecular complexity index is 421. The standard InChI is InChI=1S/C9H12.C8H16.C6H16OSi.C4H9.C4H10.C3H8/c1-2-6-9-7-4-3-5-8-9;1-2-4-6-8-7-5-3-1;1-5-6-7-8(2,3)4;1-4(2)3;1-3-4-2;1-3-2/h3-5,7-8H,2,6H2,1H3;1-8H2;5-6H2,1-4H3;1-3H3;3-4H2,1-2H3;3H2,1-2H3/q;;;-1;;. The van der Waals surface area contributed by atoms with E-state index in [4.69, 9.17) is 4.43 Å². The maximum Gasteiger partial charge on any atom is 0.183 e. The van der Waals surface area contributed by atoms with Gasteiger partial charge in [0.05, 0.1) is 0 Å². The predicted octanol–water partition coefficient (Wildman–Crippen LogP) is 12.9. The minimum Gasteiger partial charge on any atom is -0.418 e. The van der Waals surface area contributed by atoms with Crippen LogP contribution in [0.4, 0.5) is 0 Å². The first-order valence-electron chi connectivity index (χ1n) is 15.5. The number of hydrogen-bond donors (Lipinski definition) is 0. The molecule has 0 unspecified atom stereocenters. The van der Waals surface area contributed by atoms with Gasteiger partial charge >= 0.3 is 0 Å². The first-order chi connectivity index (χ1) is 17.1. The summed E-state index contributed by atoms with van der Waals surface area (Å²) in [4.78, 5) is 0. The highest BCUT2D eigenvalue weighted by Gasteiger charge is 2.12. The minimum absolute atomic E-state index is 0.940. The van der Waals surface area contributed by atoms with E-state index in [1.54, 1.807) is 0 Å². The van der Waals surface area contributed by atoms with E-state index in [2.05, 4.69) is 112 Å². The molecule has 1 nitrogen and oxygen atoms in total. The Balaban J connectivity index is -0.000000179. The van der Waals surface area contributed by atoms with Crippen LogP contribution in [0.2, 0.25) is 19.6 Å². The van der Waals surface area contributed by atoms with E-state index in [9.17, 15) is 0 Å². The summed E-state index contributed by atoms with van der Waals surface area (Å²) >= 11 is 0. The van der Waals surface area contributed by atoms with Gasteiger partial charge in [-0.3, -0.25) is 0 Å². The average molecular weight is 524 g/mol. The molecule has 0 atom stereocenters. The van der Waals surface area contributed by atoms with E-state index in [0.717, 1.165) is 13.0 Å². The highest BCUT2D eigenvalue weighted by Crippen LogP contribution is 2.15. The van der Waals surface area contributed by atoms with Gasteiger partial charge in [0.15, 0.2) is 8.32 Å². The Hall–Kier alpha value is -0.603. The molecule has 2 heteroatoms. The molecule has 1 aliphatic carbocycles. The summed E-state index contributed by atoms with van der Waals surface area (Å²) in [5.41, 5.74) is 1.44. The van der Waals surface area contributed by atoms with Crippen molar-refractivity contribution in [3.8, 4) is 0 Å². The first kappa shape index (κ1) is 42.5. The summed E-state index contributed by atoms with van der Waals surface area (Å²) in [5, 5.41) is 0. The molecule has 1 aromatic carbocycles. The summed E-state index contributed by atoms with van der Waals surface area (Å²) in [6, 6.07) is 10.6. The number of aryl methyl sites for hydroxylation is 1. The maximum atomic E-state index is 5.52. The van der Waals surface area contributed by atoms with Gasteiger partial charge in [-0.05, 0) is 38.0 Å². The van der Waals surface area contributed by atoms with E-state index < -0.39 is 8.32 Å². The van der Waals surface area contributed by atoms with Gasteiger partial charge in [-0.15, -0.1) is 0 Å². The van der Waals surface area contributed by atoms with Crippen LogP contribution in [-0.2, 0) is 10.8 Å². The fraction of sp³-hybridized carbons (Fsp3) is 0.794. The van der Waals surface area contributed by atoms with Crippen molar-refractivity contribution in [2.24, 2.45) is 0 Å². The van der Waals surface area contributed by atoms with Crippen LogP contribution in [0.1, 0.15) is 151 Å². The molecule has 36 heavy (non-hydrogen) atoms. The van der Waals surface area contributed by atoms with Crippen LogP contribution in [0, 0.1) is 5.92 Å². The molecule has 1 aliphatic rings. The Kier molecular flexibility index (Phi) is 43.1. The molecular formula is C34H71OSi-. The van der Waals surface area contributed by atoms with Gasteiger partial charge in [0.25, 0.3) is 0 Å². The van der Waals surface area contributed by atoms with Gasteiger partial charge in [0, 0.05) is 6.61 Å². The molecule has 0 N–H and O–H groups in total. The number of benzene rings is 1. The quantitative estimate of drug-likeness (QED) is 0.266. The Labute approximate surface area is 232 Å². The van der Waals surface area contributed by atoms with Gasteiger partial charge in [-0.2, -0.15) is 20.8 Å². The summed E-state index contributed by atoms with van der Waals surface area (Å²) in [6.45, 7) is 26.8. The van der Waals surface area contributed by atoms with Crippen LogP contribution >= 0.6 is 0 Å². The summed E-state index contributed by atoms with van der Waals surface area (Å²) < 4.78 is 5.52. The third-order valence-corrected chi connectivity index (χ3v) is 5.69. The van der Waals surface area contributed by atoms with E-state index in [-0.39, 0.29) is 0 Å². The van der Waals surface area contributed by atoms with E-state index >= 15 is 0 Å². The molecule has 0 heterocycles. The van der Waals surface area contributed by atoms with Gasteiger partial charge in [0.1, 0.15) is 0 Å². The van der Waals surface area contributed by atoms with Crippen molar-refractivity contribution in [1.29, 1.82) is 0 Å². The summed E-state index contributed by atoms with van der Waals surface area (Å²) in [6.07, 6.45) is 19.5. The first-order valence-corrected chi connectivity index (χ1v) is 18.9. The number of hydrogen-bond acceptors (Lipinski definition) is 1. The molecule has 0 radical (unpaired) electrons. The SMILES string of the molecule is C1CCCCCCC1.CCC.CCCC.CCCO[Si](C)(C)C.CCCc1ccccc1.C[C-](C)C. The Morgan fingerprint density at radius 2 is 0.944 bits per heavy atom. The molecule has 0 bridgehead atoms. The molecule has 1 saturated carbocycles. The maximum absolute atomic E-state index is 5.52. The smallest absolute Gasteiger partial charge is 0.183 e. The number of rotatable bonds is 6. The third kappa shape index (κ3) is 58.9. The van der Waals surface area contributed by atoms with Gasteiger partial charge in [0.2, 0.25) is 0 Å². The highest BCUT2D eigenvalue weighted by molar-refractivity contribution is 6.69. The largest absolute Gasteiger partial charge is 0.418 e. The van der Waals surface area contributed by atoms with Gasteiger partial charge in [-0.1, -0.05) is 149 Å². The zero-order valence-electron chi connectivity index (χ0n) is 27.4. The van der Waals surface area contributed by atoms with Crippen molar-refractivity contribution in [3.05, 3.63) is 41.8 Å². The second-order valence-electron chi connectivity index (χ2n) is 11.2. The molecular weight excluding hydrogens is 452 g/mol. The lowest BCUT2D eigenvalue weighted by Crippen LogP contribution is -2.25. The average Bonchev–Trinajstić information content (AvgIpc) is 2.79. The zero-order valence-corrected chi connectivity index (χ0v) is 28.4. The molecule has 1 fully saturated rings. The van der Waals surface area contributed by atoms with Crippen molar-refractivity contribution in [3.63, 3.8) is 0 Å². The molecule has 0 saturated heterocycles. The summed E-state index contributed by atoms with van der Waals surface area (Å²) in [7, 11) is -1.18. The van der Waals surface area contributed by atoms with Crippen LogP contribution in [0.25, 0.3) is 0 Å². The van der Waals surface area contributed by atoms with Crippen molar-refractivity contribution in [2.75, 3.05) is 6.61 Å². The lowest BCUT2D eigenvalue weighted by atomic mass is 10.0. The van der Waals surface area contributed by atoms with Crippen LogP contribution in [0.15, 0.2) is 30.3 Å². The zero-order chi connectivity index (χ0) is 28.5. The monoisotopic (exact) mass is 524 g/mol. The fourth-order valence-corrected chi connectivity index (χ4v) is 3.57. The lowest BCUT2D eigenvalue weighted by Gasteiger charge is -2.15. The third-order valence-electron chi connectivity index (χ3n) is 4.62. The Morgan fingerprint density at radius 1 is 0.611 bits per heavy atom. The molecule has 0 aliphatic heterocycles. The van der Waals surface area contributed by atoms with Crippen LogP contribution < -0.4 is 0 Å². The van der Waals surface area contributed by atoms with Crippen molar-refractivity contribution in [2.45, 2.75) is 172 Å². The molecule has 218 valence electrons. The van der Waals surface area contributed by atoms with Crippen LogP contribution in [0.5, 0.6) is 0 Å². The van der Waals surface area contributed by atoms with Crippen molar-refractivity contribution >= 4 is 8.32 Å². The fourth-order valence-electron chi connectivity index (χ4n) is 2.76. The number of unbranched alkanes of at least 4 members (excludes halogenated alkanes) is 1. The van der Waals surface area contributed by atoms with Crippen molar-refractivity contribution in [1.82, 2.24) is 0 Å². The van der Waals surface area contributed by atoms with Crippen molar-refractivity contribution < 1.29 is 4.43 Å². The minimum atomic E-state index is -1.18. The lowest BCUT2D eigenvalue weighted by molar-refractivity contribution is 0.311. The molecule has 1 aromatic rings. The topological polar surface area (TPSA) is 9.23 Å². The summed E-state index contributed by atoms with van der Waals surface area (Å²) in [5.74, 6) is 1.42.